The lowest BCUT2D eigenvalue weighted by Gasteiger charge is -2.19. The van der Waals surface area contributed by atoms with Gasteiger partial charge in [-0.15, -0.1) is 0 Å². The number of rotatable bonds is 6. The first-order chi connectivity index (χ1) is 10.3. The number of fused-ring (bicyclic) bond motifs is 1. The van der Waals surface area contributed by atoms with E-state index in [2.05, 4.69) is 16.7 Å². The summed E-state index contributed by atoms with van der Waals surface area (Å²) in [5, 5.41) is 6.47. The highest BCUT2D eigenvalue weighted by atomic mass is 16.5. The zero-order valence-electron chi connectivity index (χ0n) is 12.2. The van der Waals surface area contributed by atoms with Crippen molar-refractivity contribution in [1.29, 1.82) is 0 Å². The van der Waals surface area contributed by atoms with E-state index < -0.39 is 0 Å². The Labute approximate surface area is 125 Å². The maximum Gasteiger partial charge on any atom is 0.262 e. The normalized spacial score (nSPS) is 20.9. The third kappa shape index (κ3) is 3.05. The van der Waals surface area contributed by atoms with Crippen molar-refractivity contribution in [3.8, 4) is 5.75 Å². The molecule has 3 aliphatic rings. The molecule has 1 heterocycles. The van der Waals surface area contributed by atoms with Crippen LogP contribution in [0.15, 0.2) is 18.2 Å². The van der Waals surface area contributed by atoms with Gasteiger partial charge in [-0.05, 0) is 67.7 Å². The Balaban J connectivity index is 1.34. The maximum atomic E-state index is 11.4. The van der Waals surface area contributed by atoms with Crippen LogP contribution in [0.1, 0.15) is 31.2 Å². The molecule has 2 saturated carbocycles. The summed E-state index contributed by atoms with van der Waals surface area (Å²) in [7, 11) is 0. The van der Waals surface area contributed by atoms with Crippen molar-refractivity contribution in [2.75, 3.05) is 18.5 Å². The Morgan fingerprint density at radius 1 is 1.24 bits per heavy atom. The SMILES string of the molecule is O=C1COc2ccc(CNCC(C3CC3)C3CC3)cc2N1. The number of hydrogen-bond acceptors (Lipinski definition) is 3. The van der Waals surface area contributed by atoms with E-state index in [9.17, 15) is 4.79 Å². The molecule has 2 N–H and O–H groups in total. The second-order valence-corrected chi connectivity index (χ2v) is 6.64. The molecule has 21 heavy (non-hydrogen) atoms. The highest BCUT2D eigenvalue weighted by Gasteiger charge is 2.40. The number of carbonyl (C=O) groups is 1. The monoisotopic (exact) mass is 286 g/mol. The molecular weight excluding hydrogens is 264 g/mol. The Morgan fingerprint density at radius 2 is 2.00 bits per heavy atom. The van der Waals surface area contributed by atoms with Crippen LogP contribution in [-0.4, -0.2) is 19.1 Å². The average Bonchev–Trinajstić information content (AvgIpc) is 3.37. The van der Waals surface area contributed by atoms with Gasteiger partial charge in [-0.1, -0.05) is 6.07 Å². The van der Waals surface area contributed by atoms with E-state index in [0.29, 0.717) is 0 Å². The number of carbonyl (C=O) groups excluding carboxylic acids is 1. The van der Waals surface area contributed by atoms with E-state index in [-0.39, 0.29) is 12.5 Å². The molecule has 1 amide bonds. The van der Waals surface area contributed by atoms with Gasteiger partial charge in [0.05, 0.1) is 5.69 Å². The van der Waals surface area contributed by atoms with Gasteiger partial charge in [0.1, 0.15) is 5.75 Å². The molecule has 1 aromatic carbocycles. The Morgan fingerprint density at radius 3 is 2.71 bits per heavy atom. The molecule has 4 heteroatoms. The molecule has 112 valence electrons. The molecule has 0 radical (unpaired) electrons. The van der Waals surface area contributed by atoms with E-state index in [1.165, 1.54) is 31.2 Å². The molecule has 0 aromatic heterocycles. The highest BCUT2D eigenvalue weighted by molar-refractivity contribution is 5.95. The topological polar surface area (TPSA) is 50.4 Å². The molecule has 0 spiro atoms. The summed E-state index contributed by atoms with van der Waals surface area (Å²) in [6.45, 7) is 2.11. The zero-order chi connectivity index (χ0) is 14.2. The number of ether oxygens (including phenoxy) is 1. The number of anilines is 1. The quantitative estimate of drug-likeness (QED) is 0.845. The number of nitrogens with one attached hydrogen (secondary N) is 2. The second-order valence-electron chi connectivity index (χ2n) is 6.64. The molecule has 0 bridgehead atoms. The van der Waals surface area contributed by atoms with Gasteiger partial charge < -0.3 is 15.4 Å². The molecule has 0 unspecified atom stereocenters. The lowest BCUT2D eigenvalue weighted by atomic mass is 9.98. The van der Waals surface area contributed by atoms with E-state index in [1.807, 2.05) is 12.1 Å². The van der Waals surface area contributed by atoms with Crippen LogP contribution in [-0.2, 0) is 11.3 Å². The summed E-state index contributed by atoms with van der Waals surface area (Å²) in [4.78, 5) is 11.4. The van der Waals surface area contributed by atoms with Crippen LogP contribution >= 0.6 is 0 Å². The molecule has 1 aromatic rings. The van der Waals surface area contributed by atoms with E-state index in [0.717, 1.165) is 42.3 Å². The van der Waals surface area contributed by atoms with Crippen LogP contribution in [0.2, 0.25) is 0 Å². The largest absolute Gasteiger partial charge is 0.482 e. The summed E-state index contributed by atoms with van der Waals surface area (Å²) in [6, 6.07) is 6.04. The molecule has 4 nitrogen and oxygen atoms in total. The van der Waals surface area contributed by atoms with Gasteiger partial charge in [-0.25, -0.2) is 0 Å². The van der Waals surface area contributed by atoms with Crippen LogP contribution in [0.3, 0.4) is 0 Å². The Hall–Kier alpha value is -1.55. The predicted molar refractivity (Wildman–Crippen MR) is 81.2 cm³/mol. The van der Waals surface area contributed by atoms with Crippen LogP contribution in [0.25, 0.3) is 0 Å². The van der Waals surface area contributed by atoms with Crippen molar-refractivity contribution < 1.29 is 9.53 Å². The minimum atomic E-state index is -0.0739. The highest BCUT2D eigenvalue weighted by Crippen LogP contribution is 2.48. The number of benzene rings is 1. The minimum Gasteiger partial charge on any atom is -0.482 e. The summed E-state index contributed by atoms with van der Waals surface area (Å²) in [6.07, 6.45) is 5.74. The summed E-state index contributed by atoms with van der Waals surface area (Å²) >= 11 is 0. The first kappa shape index (κ1) is 13.1. The van der Waals surface area contributed by atoms with Gasteiger partial charge in [0.15, 0.2) is 6.61 Å². The molecule has 2 aliphatic carbocycles. The third-order valence-electron chi connectivity index (χ3n) is 4.84. The van der Waals surface area contributed by atoms with Gasteiger partial charge in [-0.3, -0.25) is 4.79 Å². The second kappa shape index (κ2) is 5.34. The van der Waals surface area contributed by atoms with Crippen LogP contribution in [0.4, 0.5) is 5.69 Å². The molecule has 1 aliphatic heterocycles. The summed E-state index contributed by atoms with van der Waals surface area (Å²) < 4.78 is 5.38. The van der Waals surface area contributed by atoms with Crippen molar-refractivity contribution in [3.05, 3.63) is 23.8 Å². The average molecular weight is 286 g/mol. The first-order valence-corrected chi connectivity index (χ1v) is 8.06. The van der Waals surface area contributed by atoms with Crippen molar-refractivity contribution >= 4 is 11.6 Å². The van der Waals surface area contributed by atoms with Crippen molar-refractivity contribution in [1.82, 2.24) is 5.32 Å². The van der Waals surface area contributed by atoms with E-state index in [4.69, 9.17) is 4.74 Å². The van der Waals surface area contributed by atoms with E-state index >= 15 is 0 Å². The Kier molecular flexibility index (Phi) is 3.34. The first-order valence-electron chi connectivity index (χ1n) is 8.06. The van der Waals surface area contributed by atoms with Gasteiger partial charge in [0.25, 0.3) is 5.91 Å². The van der Waals surface area contributed by atoms with Crippen molar-refractivity contribution in [2.24, 2.45) is 17.8 Å². The smallest absolute Gasteiger partial charge is 0.262 e. The fraction of sp³-hybridized carbons (Fsp3) is 0.588. The summed E-state index contributed by atoms with van der Waals surface area (Å²) in [5.41, 5.74) is 2.00. The van der Waals surface area contributed by atoms with Gasteiger partial charge in [0, 0.05) is 6.54 Å². The third-order valence-corrected chi connectivity index (χ3v) is 4.84. The fourth-order valence-corrected chi connectivity index (χ4v) is 3.39. The molecule has 0 atom stereocenters. The fourth-order valence-electron chi connectivity index (χ4n) is 3.39. The lowest BCUT2D eigenvalue weighted by molar-refractivity contribution is -0.118. The minimum absolute atomic E-state index is 0.0739. The standard InChI is InChI=1S/C17H22N2O2/c20-17-10-21-16-6-1-11(7-15(16)19-17)8-18-9-14(12-2-3-12)13-4-5-13/h1,6-7,12-14,18H,2-5,8-10H2,(H,19,20). The zero-order valence-corrected chi connectivity index (χ0v) is 12.2. The van der Waals surface area contributed by atoms with Gasteiger partial charge in [0.2, 0.25) is 0 Å². The maximum absolute atomic E-state index is 11.4. The predicted octanol–water partition coefficient (Wildman–Crippen LogP) is 2.54. The van der Waals surface area contributed by atoms with Gasteiger partial charge in [-0.2, -0.15) is 0 Å². The molecule has 2 fully saturated rings. The molecular formula is C17H22N2O2. The number of amides is 1. The Bertz CT molecular complexity index is 538. The van der Waals surface area contributed by atoms with Gasteiger partial charge >= 0.3 is 0 Å². The van der Waals surface area contributed by atoms with E-state index in [1.54, 1.807) is 0 Å². The van der Waals surface area contributed by atoms with Crippen LogP contribution in [0.5, 0.6) is 5.75 Å². The van der Waals surface area contributed by atoms with Crippen molar-refractivity contribution in [3.63, 3.8) is 0 Å². The summed E-state index contributed by atoms with van der Waals surface area (Å²) in [5.74, 6) is 3.57. The van der Waals surface area contributed by atoms with Crippen LogP contribution in [0, 0.1) is 17.8 Å². The lowest BCUT2D eigenvalue weighted by Crippen LogP contribution is -2.26. The van der Waals surface area contributed by atoms with Crippen molar-refractivity contribution in [2.45, 2.75) is 32.2 Å². The molecule has 0 saturated heterocycles. The number of hydrogen-bond donors (Lipinski definition) is 2. The van der Waals surface area contributed by atoms with Crippen LogP contribution < -0.4 is 15.4 Å². The molecule has 4 rings (SSSR count).